The average molecular weight is 481 g/mol. The van der Waals surface area contributed by atoms with E-state index >= 15 is 0 Å². The van der Waals surface area contributed by atoms with Crippen molar-refractivity contribution in [1.82, 2.24) is 10.2 Å². The standard InChI is InChI=1S/C22H26BrFN2O2S/c1-15(2)25-22(28)16(3)26(12-17-8-10-19(23)11-9-17)21(27)14-29-13-18-6-4-5-7-20(18)24/h4-11,15-16H,12-14H2,1-3H3,(H,25,28)/t16-/m0/s1. The van der Waals surface area contributed by atoms with Crippen LogP contribution in [-0.2, 0) is 21.9 Å². The van der Waals surface area contributed by atoms with E-state index in [1.165, 1.54) is 17.8 Å². The van der Waals surface area contributed by atoms with Gasteiger partial charge in [0.05, 0.1) is 5.75 Å². The molecule has 2 rings (SSSR count). The van der Waals surface area contributed by atoms with E-state index in [1.54, 1.807) is 30.0 Å². The van der Waals surface area contributed by atoms with Crippen molar-refractivity contribution < 1.29 is 14.0 Å². The summed E-state index contributed by atoms with van der Waals surface area (Å²) in [7, 11) is 0. The lowest BCUT2D eigenvalue weighted by Crippen LogP contribution is -2.49. The highest BCUT2D eigenvalue weighted by atomic mass is 79.9. The van der Waals surface area contributed by atoms with E-state index in [0.29, 0.717) is 17.9 Å². The predicted molar refractivity (Wildman–Crippen MR) is 120 cm³/mol. The molecule has 0 aromatic heterocycles. The molecule has 0 spiro atoms. The third-order valence-electron chi connectivity index (χ3n) is 4.31. The molecule has 2 amide bonds. The number of thioether (sulfide) groups is 1. The molecule has 1 N–H and O–H groups in total. The molecule has 0 fully saturated rings. The Balaban J connectivity index is 2.07. The zero-order chi connectivity index (χ0) is 21.4. The molecule has 0 aliphatic heterocycles. The zero-order valence-electron chi connectivity index (χ0n) is 16.8. The summed E-state index contributed by atoms with van der Waals surface area (Å²) < 4.78 is 14.7. The highest BCUT2D eigenvalue weighted by molar-refractivity contribution is 9.10. The molecular formula is C22H26BrFN2O2S. The Kier molecular flexibility index (Phi) is 9.17. The molecule has 7 heteroatoms. The van der Waals surface area contributed by atoms with Gasteiger partial charge in [-0.15, -0.1) is 11.8 Å². The van der Waals surface area contributed by atoms with Gasteiger partial charge in [0.2, 0.25) is 11.8 Å². The van der Waals surface area contributed by atoms with Crippen LogP contribution in [0.5, 0.6) is 0 Å². The highest BCUT2D eigenvalue weighted by Crippen LogP contribution is 2.18. The molecule has 0 saturated heterocycles. The van der Waals surface area contributed by atoms with Gasteiger partial charge in [0, 0.05) is 22.8 Å². The van der Waals surface area contributed by atoms with E-state index in [0.717, 1.165) is 10.0 Å². The van der Waals surface area contributed by atoms with E-state index in [4.69, 9.17) is 0 Å². The predicted octanol–water partition coefficient (Wildman–Crippen LogP) is 4.76. The molecule has 0 heterocycles. The first-order valence-electron chi connectivity index (χ1n) is 9.43. The minimum absolute atomic E-state index is 0.00925. The number of hydrogen-bond donors (Lipinski definition) is 1. The van der Waals surface area contributed by atoms with Gasteiger partial charge in [-0.25, -0.2) is 4.39 Å². The molecule has 156 valence electrons. The molecule has 0 unspecified atom stereocenters. The fourth-order valence-electron chi connectivity index (χ4n) is 2.72. The first-order valence-corrected chi connectivity index (χ1v) is 11.4. The van der Waals surface area contributed by atoms with Gasteiger partial charge in [-0.2, -0.15) is 0 Å². The van der Waals surface area contributed by atoms with Gasteiger partial charge in [0.15, 0.2) is 0 Å². The topological polar surface area (TPSA) is 49.4 Å². The molecular weight excluding hydrogens is 455 g/mol. The van der Waals surface area contributed by atoms with Crippen molar-refractivity contribution in [3.8, 4) is 0 Å². The second kappa shape index (κ2) is 11.4. The van der Waals surface area contributed by atoms with Crippen LogP contribution in [0, 0.1) is 5.82 Å². The lowest BCUT2D eigenvalue weighted by Gasteiger charge is -2.29. The number of amides is 2. The average Bonchev–Trinajstić information content (AvgIpc) is 2.68. The Morgan fingerprint density at radius 1 is 1.10 bits per heavy atom. The molecule has 2 aromatic rings. The van der Waals surface area contributed by atoms with Crippen LogP contribution in [0.4, 0.5) is 4.39 Å². The van der Waals surface area contributed by atoms with Crippen molar-refractivity contribution >= 4 is 39.5 Å². The second-order valence-corrected chi connectivity index (χ2v) is 8.97. The molecule has 0 aliphatic rings. The summed E-state index contributed by atoms with van der Waals surface area (Å²) in [6.07, 6.45) is 0. The van der Waals surface area contributed by atoms with Crippen LogP contribution in [0.3, 0.4) is 0 Å². The van der Waals surface area contributed by atoms with E-state index in [-0.39, 0.29) is 29.4 Å². The second-order valence-electron chi connectivity index (χ2n) is 7.07. The van der Waals surface area contributed by atoms with Gasteiger partial charge in [-0.05, 0) is 50.1 Å². The summed E-state index contributed by atoms with van der Waals surface area (Å²) in [4.78, 5) is 27.0. The van der Waals surface area contributed by atoms with Gasteiger partial charge in [-0.1, -0.05) is 46.3 Å². The fraction of sp³-hybridized carbons (Fsp3) is 0.364. The maximum absolute atomic E-state index is 13.8. The van der Waals surface area contributed by atoms with Crippen molar-refractivity contribution in [3.63, 3.8) is 0 Å². The molecule has 0 saturated carbocycles. The number of rotatable bonds is 9. The first kappa shape index (κ1) is 23.4. The van der Waals surface area contributed by atoms with Gasteiger partial charge in [0.25, 0.3) is 0 Å². The smallest absolute Gasteiger partial charge is 0.242 e. The molecule has 1 atom stereocenters. The summed E-state index contributed by atoms with van der Waals surface area (Å²) >= 11 is 4.75. The maximum Gasteiger partial charge on any atom is 0.242 e. The van der Waals surface area contributed by atoms with Crippen LogP contribution in [0.2, 0.25) is 0 Å². The summed E-state index contributed by atoms with van der Waals surface area (Å²) in [6, 6.07) is 13.6. The number of nitrogens with one attached hydrogen (secondary N) is 1. The zero-order valence-corrected chi connectivity index (χ0v) is 19.2. The van der Waals surface area contributed by atoms with Crippen LogP contribution in [0.15, 0.2) is 53.0 Å². The Morgan fingerprint density at radius 3 is 2.38 bits per heavy atom. The van der Waals surface area contributed by atoms with Crippen molar-refractivity contribution in [2.24, 2.45) is 0 Å². The quantitative estimate of drug-likeness (QED) is 0.562. The van der Waals surface area contributed by atoms with Gasteiger partial charge >= 0.3 is 0 Å². The minimum Gasteiger partial charge on any atom is -0.352 e. The number of carbonyl (C=O) groups is 2. The summed E-state index contributed by atoms with van der Waals surface area (Å²) in [5.74, 6) is -0.0459. The van der Waals surface area contributed by atoms with Crippen LogP contribution in [0.25, 0.3) is 0 Å². The first-order chi connectivity index (χ1) is 13.8. The Hall–Kier alpha value is -1.86. The number of benzene rings is 2. The van der Waals surface area contributed by atoms with E-state index in [9.17, 15) is 14.0 Å². The van der Waals surface area contributed by atoms with Crippen molar-refractivity contribution in [1.29, 1.82) is 0 Å². The van der Waals surface area contributed by atoms with Crippen LogP contribution in [-0.4, -0.2) is 34.6 Å². The Labute approximate surface area is 184 Å². The molecule has 29 heavy (non-hydrogen) atoms. The van der Waals surface area contributed by atoms with Gasteiger partial charge in [-0.3, -0.25) is 9.59 Å². The minimum atomic E-state index is -0.609. The number of hydrogen-bond acceptors (Lipinski definition) is 3. The van der Waals surface area contributed by atoms with Crippen molar-refractivity contribution in [2.75, 3.05) is 5.75 Å². The number of carbonyl (C=O) groups excluding carboxylic acids is 2. The van der Waals surface area contributed by atoms with Crippen molar-refractivity contribution in [2.45, 2.75) is 45.2 Å². The summed E-state index contributed by atoms with van der Waals surface area (Å²) in [5, 5.41) is 2.87. The number of halogens is 2. The monoisotopic (exact) mass is 480 g/mol. The number of nitrogens with zero attached hydrogens (tertiary/aromatic N) is 1. The van der Waals surface area contributed by atoms with E-state index in [2.05, 4.69) is 21.2 Å². The molecule has 4 nitrogen and oxygen atoms in total. The molecule has 0 radical (unpaired) electrons. The maximum atomic E-state index is 13.8. The third-order valence-corrected chi connectivity index (χ3v) is 5.80. The van der Waals surface area contributed by atoms with Gasteiger partial charge < -0.3 is 10.2 Å². The van der Waals surface area contributed by atoms with E-state index < -0.39 is 6.04 Å². The fourth-order valence-corrected chi connectivity index (χ4v) is 3.88. The van der Waals surface area contributed by atoms with Crippen LogP contribution in [0.1, 0.15) is 31.9 Å². The van der Waals surface area contributed by atoms with Crippen molar-refractivity contribution in [3.05, 3.63) is 69.9 Å². The van der Waals surface area contributed by atoms with E-state index in [1.807, 2.05) is 38.1 Å². The Bertz CT molecular complexity index is 830. The molecule has 0 aliphatic carbocycles. The van der Waals surface area contributed by atoms with Gasteiger partial charge in [0.1, 0.15) is 11.9 Å². The summed E-state index contributed by atoms with van der Waals surface area (Å²) in [5.41, 5.74) is 1.50. The SMILES string of the molecule is CC(C)NC(=O)[C@H](C)N(Cc1ccc(Br)cc1)C(=O)CSCc1ccccc1F. The van der Waals surface area contributed by atoms with Crippen LogP contribution < -0.4 is 5.32 Å². The normalized spacial score (nSPS) is 11.9. The highest BCUT2D eigenvalue weighted by Gasteiger charge is 2.26. The largest absolute Gasteiger partial charge is 0.352 e. The lowest BCUT2D eigenvalue weighted by atomic mass is 10.1. The Morgan fingerprint density at radius 2 is 1.76 bits per heavy atom. The van der Waals surface area contributed by atoms with Crippen LogP contribution >= 0.6 is 27.7 Å². The lowest BCUT2D eigenvalue weighted by molar-refractivity contribution is -0.138. The molecule has 0 bridgehead atoms. The molecule has 2 aromatic carbocycles. The summed E-state index contributed by atoms with van der Waals surface area (Å²) in [6.45, 7) is 5.83. The third kappa shape index (κ3) is 7.48.